The molecular weight excluding hydrogens is 368 g/mol. The van der Waals surface area contributed by atoms with Gasteiger partial charge in [-0.2, -0.15) is 11.8 Å². The number of anilines is 1. The Hall–Kier alpha value is -1.40. The third kappa shape index (κ3) is 5.07. The van der Waals surface area contributed by atoms with Gasteiger partial charge in [-0.05, 0) is 55.4 Å². The SMILES string of the molecule is CCCSCCCNC(=O)C1CCCN(c2nc3ccc(Cl)cc3[nH]2)C1. The highest BCUT2D eigenvalue weighted by Gasteiger charge is 2.27. The molecule has 2 heterocycles. The number of imidazole rings is 1. The lowest BCUT2D eigenvalue weighted by Gasteiger charge is -2.31. The molecule has 0 spiro atoms. The van der Waals surface area contributed by atoms with Crippen molar-refractivity contribution in [1.29, 1.82) is 0 Å². The van der Waals surface area contributed by atoms with E-state index in [1.165, 1.54) is 12.2 Å². The number of thioether (sulfide) groups is 1. The number of rotatable bonds is 8. The molecule has 0 bridgehead atoms. The van der Waals surface area contributed by atoms with E-state index in [0.29, 0.717) is 11.6 Å². The van der Waals surface area contributed by atoms with Crippen LogP contribution >= 0.6 is 23.4 Å². The molecule has 3 rings (SSSR count). The molecule has 1 aromatic heterocycles. The van der Waals surface area contributed by atoms with E-state index < -0.39 is 0 Å². The Morgan fingerprint density at radius 3 is 3.19 bits per heavy atom. The number of halogens is 1. The summed E-state index contributed by atoms with van der Waals surface area (Å²) in [6, 6.07) is 5.65. The van der Waals surface area contributed by atoms with E-state index in [1.54, 1.807) is 0 Å². The van der Waals surface area contributed by atoms with Crippen LogP contribution in [0.1, 0.15) is 32.6 Å². The fourth-order valence-electron chi connectivity index (χ4n) is 3.28. The Kier molecular flexibility index (Phi) is 7.08. The number of hydrogen-bond donors (Lipinski definition) is 2. The average Bonchev–Trinajstić information content (AvgIpc) is 3.07. The van der Waals surface area contributed by atoms with Gasteiger partial charge in [0.2, 0.25) is 11.9 Å². The van der Waals surface area contributed by atoms with Gasteiger partial charge in [-0.3, -0.25) is 4.79 Å². The average molecular weight is 395 g/mol. The number of fused-ring (bicyclic) bond motifs is 1. The Labute approximate surface area is 164 Å². The van der Waals surface area contributed by atoms with Crippen LogP contribution in [0.3, 0.4) is 0 Å². The topological polar surface area (TPSA) is 61.0 Å². The molecule has 0 aliphatic carbocycles. The highest BCUT2D eigenvalue weighted by atomic mass is 35.5. The summed E-state index contributed by atoms with van der Waals surface area (Å²) < 4.78 is 0. The molecule has 2 N–H and O–H groups in total. The second kappa shape index (κ2) is 9.51. The van der Waals surface area contributed by atoms with Gasteiger partial charge in [0.15, 0.2) is 0 Å². The minimum atomic E-state index is 0.0313. The molecule has 1 amide bonds. The van der Waals surface area contributed by atoms with Crippen LogP contribution in [0.15, 0.2) is 18.2 Å². The van der Waals surface area contributed by atoms with Crippen LogP contribution in [0.4, 0.5) is 5.95 Å². The largest absolute Gasteiger partial charge is 0.356 e. The maximum absolute atomic E-state index is 12.5. The number of carbonyl (C=O) groups is 1. The predicted octanol–water partition coefficient (Wildman–Crippen LogP) is 4.08. The van der Waals surface area contributed by atoms with E-state index in [4.69, 9.17) is 11.6 Å². The molecule has 1 atom stereocenters. The van der Waals surface area contributed by atoms with Crippen molar-refractivity contribution in [3.8, 4) is 0 Å². The van der Waals surface area contributed by atoms with Gasteiger partial charge in [-0.1, -0.05) is 18.5 Å². The molecule has 2 aromatic rings. The van der Waals surface area contributed by atoms with Crippen molar-refractivity contribution >= 4 is 46.3 Å². The Bertz CT molecular complexity index is 735. The van der Waals surface area contributed by atoms with E-state index >= 15 is 0 Å². The summed E-state index contributed by atoms with van der Waals surface area (Å²) in [7, 11) is 0. The molecule has 0 saturated carbocycles. The number of aromatic nitrogens is 2. The third-order valence-electron chi connectivity index (χ3n) is 4.64. The van der Waals surface area contributed by atoms with E-state index in [1.807, 2.05) is 30.0 Å². The lowest BCUT2D eigenvalue weighted by molar-refractivity contribution is -0.125. The monoisotopic (exact) mass is 394 g/mol. The van der Waals surface area contributed by atoms with Crippen molar-refractivity contribution < 1.29 is 4.79 Å². The lowest BCUT2D eigenvalue weighted by Crippen LogP contribution is -2.43. The minimum Gasteiger partial charge on any atom is -0.356 e. The van der Waals surface area contributed by atoms with Crippen molar-refractivity contribution in [2.24, 2.45) is 5.92 Å². The van der Waals surface area contributed by atoms with Crippen molar-refractivity contribution in [2.75, 3.05) is 36.0 Å². The Morgan fingerprint density at radius 1 is 1.46 bits per heavy atom. The normalized spacial score (nSPS) is 17.6. The first-order chi connectivity index (χ1) is 12.7. The molecule has 1 unspecified atom stereocenters. The van der Waals surface area contributed by atoms with E-state index in [0.717, 1.165) is 55.1 Å². The Morgan fingerprint density at radius 2 is 2.35 bits per heavy atom. The summed E-state index contributed by atoms with van der Waals surface area (Å²) in [5, 5.41) is 3.80. The van der Waals surface area contributed by atoms with E-state index in [2.05, 4.69) is 27.1 Å². The van der Waals surface area contributed by atoms with Crippen molar-refractivity contribution in [3.05, 3.63) is 23.2 Å². The molecule has 1 aliphatic heterocycles. The summed E-state index contributed by atoms with van der Waals surface area (Å²) in [5.74, 6) is 3.36. The first kappa shape index (κ1) is 19.4. The molecule has 142 valence electrons. The second-order valence-corrected chi connectivity index (χ2v) is 8.43. The van der Waals surface area contributed by atoms with Gasteiger partial charge in [0, 0.05) is 24.7 Å². The zero-order valence-corrected chi connectivity index (χ0v) is 16.8. The number of amides is 1. The highest BCUT2D eigenvalue weighted by Crippen LogP contribution is 2.25. The summed E-state index contributed by atoms with van der Waals surface area (Å²) >= 11 is 8.01. The van der Waals surface area contributed by atoms with Gasteiger partial charge in [0.25, 0.3) is 0 Å². The molecule has 1 aromatic carbocycles. The lowest BCUT2D eigenvalue weighted by atomic mass is 9.97. The summed E-state index contributed by atoms with van der Waals surface area (Å²) in [5.41, 5.74) is 1.84. The summed E-state index contributed by atoms with van der Waals surface area (Å²) in [6.07, 6.45) is 4.20. The molecule has 5 nitrogen and oxygen atoms in total. The number of hydrogen-bond acceptors (Lipinski definition) is 4. The van der Waals surface area contributed by atoms with Crippen molar-refractivity contribution in [2.45, 2.75) is 32.6 Å². The third-order valence-corrected chi connectivity index (χ3v) is 6.15. The van der Waals surface area contributed by atoms with E-state index in [9.17, 15) is 4.79 Å². The number of H-pyrrole nitrogens is 1. The highest BCUT2D eigenvalue weighted by molar-refractivity contribution is 7.99. The number of carbonyl (C=O) groups excluding carboxylic acids is 1. The van der Waals surface area contributed by atoms with Crippen LogP contribution in [-0.2, 0) is 4.79 Å². The molecule has 1 aliphatic rings. The molecular formula is C19H27ClN4OS. The van der Waals surface area contributed by atoms with Gasteiger partial charge < -0.3 is 15.2 Å². The number of benzene rings is 1. The molecule has 7 heteroatoms. The zero-order valence-electron chi connectivity index (χ0n) is 15.3. The summed E-state index contributed by atoms with van der Waals surface area (Å²) in [4.78, 5) is 22.7. The first-order valence-corrected chi connectivity index (χ1v) is 11.0. The van der Waals surface area contributed by atoms with Crippen LogP contribution in [0.5, 0.6) is 0 Å². The maximum Gasteiger partial charge on any atom is 0.224 e. The standard InChI is InChI=1S/C19H27ClN4OS/c1-2-10-26-11-4-8-21-18(25)14-5-3-9-24(13-14)19-22-16-7-6-15(20)12-17(16)23-19/h6-7,12,14H,2-5,8-11,13H2,1H3,(H,21,25)(H,22,23). The number of aromatic amines is 1. The maximum atomic E-state index is 12.5. The van der Waals surface area contributed by atoms with Gasteiger partial charge in [-0.25, -0.2) is 4.98 Å². The Balaban J connectivity index is 1.52. The second-order valence-electron chi connectivity index (χ2n) is 6.76. The fraction of sp³-hybridized carbons (Fsp3) is 0.579. The first-order valence-electron chi connectivity index (χ1n) is 9.43. The van der Waals surface area contributed by atoms with Gasteiger partial charge >= 0.3 is 0 Å². The molecule has 1 fully saturated rings. The fourth-order valence-corrected chi connectivity index (χ4v) is 4.29. The van der Waals surface area contributed by atoms with Crippen LogP contribution < -0.4 is 10.2 Å². The molecule has 0 radical (unpaired) electrons. The van der Waals surface area contributed by atoms with Gasteiger partial charge in [0.1, 0.15) is 0 Å². The smallest absolute Gasteiger partial charge is 0.224 e. The van der Waals surface area contributed by atoms with Crippen LogP contribution in [0, 0.1) is 5.92 Å². The number of piperidine rings is 1. The number of nitrogens with one attached hydrogen (secondary N) is 2. The summed E-state index contributed by atoms with van der Waals surface area (Å²) in [6.45, 7) is 4.60. The van der Waals surface area contributed by atoms with Crippen molar-refractivity contribution in [1.82, 2.24) is 15.3 Å². The van der Waals surface area contributed by atoms with Gasteiger partial charge in [0.05, 0.1) is 17.0 Å². The van der Waals surface area contributed by atoms with Crippen LogP contribution in [0.25, 0.3) is 11.0 Å². The quantitative estimate of drug-likeness (QED) is 0.662. The van der Waals surface area contributed by atoms with Crippen molar-refractivity contribution in [3.63, 3.8) is 0 Å². The van der Waals surface area contributed by atoms with E-state index in [-0.39, 0.29) is 11.8 Å². The van der Waals surface area contributed by atoms with Gasteiger partial charge in [-0.15, -0.1) is 0 Å². The predicted molar refractivity (Wildman–Crippen MR) is 111 cm³/mol. The van der Waals surface area contributed by atoms with Crippen LogP contribution in [-0.4, -0.2) is 47.0 Å². The molecule has 26 heavy (non-hydrogen) atoms. The zero-order chi connectivity index (χ0) is 18.4. The number of nitrogens with zero attached hydrogens (tertiary/aromatic N) is 2. The van der Waals surface area contributed by atoms with Crippen LogP contribution in [0.2, 0.25) is 5.02 Å². The molecule has 1 saturated heterocycles. The minimum absolute atomic E-state index is 0.0313.